The second kappa shape index (κ2) is 11.0. The van der Waals surface area contributed by atoms with E-state index in [-0.39, 0.29) is 5.92 Å². The Kier molecular flexibility index (Phi) is 6.53. The van der Waals surface area contributed by atoms with Gasteiger partial charge >= 0.3 is 0 Å². The molecule has 1 unspecified atom stereocenters. The molecule has 4 heteroatoms. The quantitative estimate of drug-likeness (QED) is 0.154. The lowest BCUT2D eigenvalue weighted by Crippen LogP contribution is -2.39. The van der Waals surface area contributed by atoms with Gasteiger partial charge in [0.05, 0.1) is 16.6 Å². The minimum atomic E-state index is 0.276. The highest BCUT2D eigenvalue weighted by Crippen LogP contribution is 2.50. The van der Waals surface area contributed by atoms with Gasteiger partial charge in [0.2, 0.25) is 0 Å². The number of rotatable bonds is 5. The van der Waals surface area contributed by atoms with Crippen LogP contribution in [-0.4, -0.2) is 16.1 Å². The molecule has 44 heavy (non-hydrogen) atoms. The Hall–Kier alpha value is -5.48. The lowest BCUT2D eigenvalue weighted by molar-refractivity contribution is 0.727. The third-order valence-corrected chi connectivity index (χ3v) is 8.81. The van der Waals surface area contributed by atoms with Crippen molar-refractivity contribution < 1.29 is 0 Å². The molecule has 0 N–H and O–H groups in total. The Labute approximate surface area is 257 Å². The number of fused-ring (bicyclic) bond motifs is 6. The molecule has 4 nitrogen and oxygen atoms in total. The number of nitrogens with zero attached hydrogens (tertiary/aromatic N) is 4. The Morgan fingerprint density at radius 2 is 1.34 bits per heavy atom. The van der Waals surface area contributed by atoms with Gasteiger partial charge in [-0.2, -0.15) is 0 Å². The molecule has 1 aliphatic carbocycles. The van der Waals surface area contributed by atoms with Crippen molar-refractivity contribution in [3.63, 3.8) is 0 Å². The Bertz CT molecular complexity index is 2180. The summed E-state index contributed by atoms with van der Waals surface area (Å²) in [6.45, 7) is 2.51. The molecule has 6 aromatic rings. The van der Waals surface area contributed by atoms with E-state index in [0.717, 1.165) is 29.1 Å². The Balaban J connectivity index is 1.37. The fourth-order valence-electron chi connectivity index (χ4n) is 6.80. The SMILES string of the molecule is CC(=NC(=NCn1c2c(c3ccccc31)=CCC1C=2N(c2ccccc2)c2ccccc21)c1ccccc1)c1ccccc1. The van der Waals surface area contributed by atoms with E-state index < -0.39 is 0 Å². The molecular formula is C40H32N4. The predicted molar refractivity (Wildman–Crippen MR) is 183 cm³/mol. The van der Waals surface area contributed by atoms with E-state index in [4.69, 9.17) is 9.98 Å². The number of benzene rings is 5. The average molecular weight is 569 g/mol. The van der Waals surface area contributed by atoms with Crippen LogP contribution < -0.4 is 15.5 Å². The van der Waals surface area contributed by atoms with Crippen LogP contribution in [0, 0.1) is 0 Å². The van der Waals surface area contributed by atoms with Gasteiger partial charge in [-0.3, -0.25) is 0 Å². The van der Waals surface area contributed by atoms with Crippen LogP contribution in [0.4, 0.5) is 11.4 Å². The number of aliphatic imine (C=N–C) groups is 2. The van der Waals surface area contributed by atoms with Gasteiger partial charge in [-0.1, -0.05) is 121 Å². The third-order valence-electron chi connectivity index (χ3n) is 8.81. The van der Waals surface area contributed by atoms with Gasteiger partial charge in [0.1, 0.15) is 6.67 Å². The molecule has 2 heterocycles. The maximum atomic E-state index is 5.27. The molecule has 1 atom stereocenters. The van der Waals surface area contributed by atoms with Crippen molar-refractivity contribution >= 4 is 45.6 Å². The molecule has 1 aromatic heterocycles. The maximum Gasteiger partial charge on any atom is 0.156 e. The highest BCUT2D eigenvalue weighted by Gasteiger charge is 2.37. The van der Waals surface area contributed by atoms with Crippen LogP contribution in [0.15, 0.2) is 150 Å². The summed E-state index contributed by atoms with van der Waals surface area (Å²) in [6.07, 6.45) is 3.41. The first-order valence-electron chi connectivity index (χ1n) is 15.2. The summed E-state index contributed by atoms with van der Waals surface area (Å²) in [5.41, 5.74) is 9.36. The molecule has 212 valence electrons. The minimum absolute atomic E-state index is 0.276. The molecule has 0 saturated carbocycles. The van der Waals surface area contributed by atoms with Crippen LogP contribution in [0.1, 0.15) is 36.0 Å². The van der Waals surface area contributed by atoms with E-state index >= 15 is 0 Å². The molecular weight excluding hydrogens is 536 g/mol. The van der Waals surface area contributed by atoms with E-state index in [1.165, 1.54) is 44.1 Å². The zero-order valence-electron chi connectivity index (χ0n) is 24.6. The first-order valence-corrected chi connectivity index (χ1v) is 15.2. The van der Waals surface area contributed by atoms with Crippen LogP contribution in [0.5, 0.6) is 0 Å². The zero-order chi connectivity index (χ0) is 29.5. The summed E-state index contributed by atoms with van der Waals surface area (Å²) in [5.74, 6) is 1.01. The minimum Gasteiger partial charge on any atom is -0.319 e. The predicted octanol–water partition coefficient (Wildman–Crippen LogP) is 7.78. The van der Waals surface area contributed by atoms with Gasteiger partial charge in [0, 0.05) is 39.2 Å². The molecule has 0 radical (unpaired) electrons. The second-order valence-electron chi connectivity index (χ2n) is 11.4. The number of para-hydroxylation sites is 3. The third kappa shape index (κ3) is 4.38. The van der Waals surface area contributed by atoms with E-state index in [1.807, 2.05) is 36.4 Å². The molecule has 0 amide bonds. The van der Waals surface area contributed by atoms with E-state index in [2.05, 4.69) is 126 Å². The number of anilines is 2. The van der Waals surface area contributed by atoms with Crippen LogP contribution in [0.25, 0.3) is 22.7 Å². The first kappa shape index (κ1) is 26.2. The van der Waals surface area contributed by atoms with Gasteiger partial charge < -0.3 is 9.47 Å². The van der Waals surface area contributed by atoms with E-state index in [9.17, 15) is 0 Å². The Morgan fingerprint density at radius 3 is 2.11 bits per heavy atom. The van der Waals surface area contributed by atoms with Crippen molar-refractivity contribution in [2.24, 2.45) is 9.98 Å². The van der Waals surface area contributed by atoms with Crippen molar-refractivity contribution in [2.45, 2.75) is 25.9 Å². The molecule has 0 bridgehead atoms. The van der Waals surface area contributed by atoms with E-state index in [1.54, 1.807) is 0 Å². The molecule has 2 aliphatic rings. The largest absolute Gasteiger partial charge is 0.319 e. The Morgan fingerprint density at radius 1 is 0.705 bits per heavy atom. The summed E-state index contributed by atoms with van der Waals surface area (Å²) >= 11 is 0. The lowest BCUT2D eigenvalue weighted by atomic mass is 9.91. The summed E-state index contributed by atoms with van der Waals surface area (Å²) in [7, 11) is 0. The molecule has 0 saturated heterocycles. The van der Waals surface area contributed by atoms with Crippen LogP contribution in [-0.2, 0) is 6.67 Å². The number of aromatic nitrogens is 1. The standard InChI is InChI=1S/C40H32N4/c1-28(29-15-5-2-6-16-29)42-40(30-17-7-3-8-18-30)41-27-43-36-23-13-11-21-32(36)34-25-26-35-33-22-12-14-24-37(33)44(39(35)38(34)43)31-19-9-4-10-20-31/h2-25,35H,26-27H2,1H3. The van der Waals surface area contributed by atoms with Crippen LogP contribution >= 0.6 is 0 Å². The first-order chi connectivity index (χ1) is 21.8. The van der Waals surface area contributed by atoms with Crippen molar-refractivity contribution in [3.8, 4) is 0 Å². The van der Waals surface area contributed by atoms with Crippen LogP contribution in [0.2, 0.25) is 0 Å². The lowest BCUT2D eigenvalue weighted by Gasteiger charge is -2.25. The molecule has 1 aliphatic heterocycles. The smallest absolute Gasteiger partial charge is 0.156 e. The monoisotopic (exact) mass is 568 g/mol. The fraction of sp³-hybridized carbons (Fsp3) is 0.100. The van der Waals surface area contributed by atoms with Gasteiger partial charge in [0.15, 0.2) is 5.84 Å². The summed E-state index contributed by atoms with van der Waals surface area (Å²) in [6, 6.07) is 49.0. The summed E-state index contributed by atoms with van der Waals surface area (Å²) in [5, 5.41) is 3.79. The molecule has 0 fully saturated rings. The van der Waals surface area contributed by atoms with E-state index in [0.29, 0.717) is 6.67 Å². The van der Waals surface area contributed by atoms with Gasteiger partial charge in [-0.15, -0.1) is 0 Å². The fourth-order valence-corrected chi connectivity index (χ4v) is 6.80. The van der Waals surface area contributed by atoms with Gasteiger partial charge in [-0.25, -0.2) is 9.98 Å². The van der Waals surface area contributed by atoms with Crippen molar-refractivity contribution in [2.75, 3.05) is 4.90 Å². The molecule has 8 rings (SSSR count). The van der Waals surface area contributed by atoms with Crippen molar-refractivity contribution in [1.29, 1.82) is 0 Å². The summed E-state index contributed by atoms with van der Waals surface area (Å²) < 4.78 is 2.40. The summed E-state index contributed by atoms with van der Waals surface area (Å²) in [4.78, 5) is 12.8. The second-order valence-corrected chi connectivity index (χ2v) is 11.4. The number of amidine groups is 1. The molecule has 0 spiro atoms. The van der Waals surface area contributed by atoms with Gasteiger partial charge in [0.25, 0.3) is 0 Å². The highest BCUT2D eigenvalue weighted by atomic mass is 15.2. The van der Waals surface area contributed by atoms with Gasteiger partial charge in [-0.05, 0) is 48.7 Å². The zero-order valence-corrected chi connectivity index (χ0v) is 24.6. The normalized spacial score (nSPS) is 16.0. The van der Waals surface area contributed by atoms with Crippen molar-refractivity contribution in [3.05, 3.63) is 167 Å². The average Bonchev–Trinajstić information content (AvgIpc) is 3.60. The molecule has 5 aromatic carbocycles. The number of hydrogen-bond donors (Lipinski definition) is 0. The van der Waals surface area contributed by atoms with Crippen LogP contribution in [0.3, 0.4) is 0 Å². The highest BCUT2D eigenvalue weighted by molar-refractivity contribution is 6.11. The number of hydrogen-bond acceptors (Lipinski definition) is 2. The topological polar surface area (TPSA) is 32.9 Å². The van der Waals surface area contributed by atoms with Crippen molar-refractivity contribution in [1.82, 2.24) is 4.57 Å². The maximum absolute atomic E-state index is 5.27.